The van der Waals surface area contributed by atoms with Crippen LogP contribution in [-0.4, -0.2) is 43.0 Å². The topological polar surface area (TPSA) is 56.4 Å². The molecule has 2 fully saturated rings. The van der Waals surface area contributed by atoms with E-state index in [1.54, 1.807) is 0 Å². The zero-order valence-corrected chi connectivity index (χ0v) is 13.2. The normalized spacial score (nSPS) is 26.6. The zero-order valence-electron chi connectivity index (χ0n) is 13.2. The van der Waals surface area contributed by atoms with Gasteiger partial charge in [-0.25, -0.2) is 5.43 Å². The number of nitrogens with zero attached hydrogens (tertiary/aromatic N) is 1. The Balaban J connectivity index is 1.49. The first kappa shape index (κ1) is 15.5. The molecule has 1 aromatic carbocycles. The van der Waals surface area contributed by atoms with Crippen LogP contribution in [0.25, 0.3) is 0 Å². The van der Waals surface area contributed by atoms with Gasteiger partial charge in [0.25, 0.3) is 0 Å². The zero-order chi connectivity index (χ0) is 15.4. The molecule has 1 amide bonds. The average molecular weight is 302 g/mol. The summed E-state index contributed by atoms with van der Waals surface area (Å²) >= 11 is 0. The highest BCUT2D eigenvalue weighted by atomic mass is 16.2. The van der Waals surface area contributed by atoms with E-state index in [1.807, 2.05) is 11.0 Å². The summed E-state index contributed by atoms with van der Waals surface area (Å²) in [4.78, 5) is 13.7. The fraction of sp³-hybridized carbons (Fsp3) is 0.588. The predicted octanol–water partition coefficient (Wildman–Crippen LogP) is 1.05. The standard InChI is InChI=1S/C17H26N4O/c1-13(12-21-9-5-8-16(21)22)18-10-15-11-19-20-17(15)14-6-3-2-4-7-14/h2-4,6-7,13,15,17-20H,5,8-12H2,1H3. The molecule has 3 unspecified atom stereocenters. The lowest BCUT2D eigenvalue weighted by Crippen LogP contribution is -2.42. The van der Waals surface area contributed by atoms with Gasteiger partial charge in [-0.3, -0.25) is 10.2 Å². The van der Waals surface area contributed by atoms with Gasteiger partial charge in [0, 0.05) is 44.6 Å². The Bertz CT molecular complexity index is 493. The molecule has 3 atom stereocenters. The quantitative estimate of drug-likeness (QED) is 0.735. The van der Waals surface area contributed by atoms with Crippen LogP contribution in [0.4, 0.5) is 0 Å². The molecule has 3 rings (SSSR count). The number of likely N-dealkylation sites (tertiary alicyclic amines) is 1. The first-order valence-electron chi connectivity index (χ1n) is 8.28. The largest absolute Gasteiger partial charge is 0.341 e. The van der Waals surface area contributed by atoms with Gasteiger partial charge < -0.3 is 10.2 Å². The number of amides is 1. The van der Waals surface area contributed by atoms with Crippen LogP contribution in [0.5, 0.6) is 0 Å². The van der Waals surface area contributed by atoms with Gasteiger partial charge >= 0.3 is 0 Å². The minimum Gasteiger partial charge on any atom is -0.341 e. The molecule has 5 heteroatoms. The molecule has 120 valence electrons. The van der Waals surface area contributed by atoms with E-state index >= 15 is 0 Å². The number of hydrogen-bond donors (Lipinski definition) is 3. The molecule has 0 aromatic heterocycles. The minimum absolute atomic E-state index is 0.306. The van der Waals surface area contributed by atoms with Crippen molar-refractivity contribution in [2.45, 2.75) is 31.8 Å². The minimum atomic E-state index is 0.306. The van der Waals surface area contributed by atoms with Crippen LogP contribution in [0, 0.1) is 5.92 Å². The molecule has 2 aliphatic rings. The van der Waals surface area contributed by atoms with E-state index < -0.39 is 0 Å². The Labute approximate surface area is 132 Å². The van der Waals surface area contributed by atoms with Crippen molar-refractivity contribution < 1.29 is 4.79 Å². The van der Waals surface area contributed by atoms with Gasteiger partial charge in [0.05, 0.1) is 6.04 Å². The maximum atomic E-state index is 11.7. The SMILES string of the molecule is CC(CN1CCCC1=O)NCC1CNNC1c1ccccc1. The Morgan fingerprint density at radius 2 is 2.18 bits per heavy atom. The fourth-order valence-electron chi connectivity index (χ4n) is 3.39. The molecule has 0 bridgehead atoms. The number of nitrogens with one attached hydrogen (secondary N) is 3. The van der Waals surface area contributed by atoms with Crippen molar-refractivity contribution in [3.8, 4) is 0 Å². The molecule has 5 nitrogen and oxygen atoms in total. The molecule has 0 radical (unpaired) electrons. The number of hydrogen-bond acceptors (Lipinski definition) is 4. The Kier molecular flexibility index (Phi) is 5.08. The highest BCUT2D eigenvalue weighted by Crippen LogP contribution is 2.24. The summed E-state index contributed by atoms with van der Waals surface area (Å²) in [5.74, 6) is 0.819. The number of carbonyl (C=O) groups is 1. The summed E-state index contributed by atoms with van der Waals surface area (Å²) in [5, 5.41) is 3.60. The monoisotopic (exact) mass is 302 g/mol. The van der Waals surface area contributed by atoms with Crippen LogP contribution >= 0.6 is 0 Å². The van der Waals surface area contributed by atoms with Gasteiger partial charge in [-0.05, 0) is 18.9 Å². The first-order chi connectivity index (χ1) is 10.7. The molecule has 2 saturated heterocycles. The molecule has 2 heterocycles. The second-order valence-electron chi connectivity index (χ2n) is 6.43. The van der Waals surface area contributed by atoms with Crippen LogP contribution in [-0.2, 0) is 4.79 Å². The summed E-state index contributed by atoms with van der Waals surface area (Å²) in [7, 11) is 0. The lowest BCUT2D eigenvalue weighted by atomic mass is 9.95. The predicted molar refractivity (Wildman–Crippen MR) is 87.1 cm³/mol. The molecule has 0 saturated carbocycles. The van der Waals surface area contributed by atoms with Gasteiger partial charge in [-0.1, -0.05) is 30.3 Å². The third-order valence-electron chi connectivity index (χ3n) is 4.65. The number of benzene rings is 1. The van der Waals surface area contributed by atoms with Crippen LogP contribution in [0.15, 0.2) is 30.3 Å². The summed E-state index contributed by atoms with van der Waals surface area (Å²) in [6.07, 6.45) is 1.73. The third-order valence-corrected chi connectivity index (χ3v) is 4.65. The van der Waals surface area contributed by atoms with E-state index in [0.717, 1.165) is 39.0 Å². The van der Waals surface area contributed by atoms with Gasteiger partial charge in [0.2, 0.25) is 5.91 Å². The summed E-state index contributed by atoms with van der Waals surface area (Å²) in [6.45, 7) is 5.82. The van der Waals surface area contributed by atoms with Crippen LogP contribution in [0.2, 0.25) is 0 Å². The van der Waals surface area contributed by atoms with Crippen molar-refractivity contribution >= 4 is 5.91 Å². The fourth-order valence-corrected chi connectivity index (χ4v) is 3.39. The second-order valence-corrected chi connectivity index (χ2v) is 6.43. The molecular formula is C17H26N4O. The molecule has 0 spiro atoms. The first-order valence-corrected chi connectivity index (χ1v) is 8.28. The second kappa shape index (κ2) is 7.22. The van der Waals surface area contributed by atoms with Gasteiger partial charge in [-0.15, -0.1) is 0 Å². The molecule has 0 aliphatic carbocycles. The maximum absolute atomic E-state index is 11.7. The average Bonchev–Trinajstić information content (AvgIpc) is 3.16. The maximum Gasteiger partial charge on any atom is 0.222 e. The smallest absolute Gasteiger partial charge is 0.222 e. The molecule has 1 aromatic rings. The molecule has 3 N–H and O–H groups in total. The Hall–Kier alpha value is -1.43. The van der Waals surface area contributed by atoms with Gasteiger partial charge in [-0.2, -0.15) is 0 Å². The van der Waals surface area contributed by atoms with Crippen molar-refractivity contribution in [1.82, 2.24) is 21.1 Å². The highest BCUT2D eigenvalue weighted by molar-refractivity contribution is 5.78. The molecular weight excluding hydrogens is 276 g/mol. The van der Waals surface area contributed by atoms with E-state index in [1.165, 1.54) is 5.56 Å². The van der Waals surface area contributed by atoms with E-state index in [2.05, 4.69) is 47.4 Å². The number of carbonyl (C=O) groups excluding carboxylic acids is 1. The number of hydrazine groups is 1. The molecule has 22 heavy (non-hydrogen) atoms. The lowest BCUT2D eigenvalue weighted by Gasteiger charge is -2.25. The highest BCUT2D eigenvalue weighted by Gasteiger charge is 2.28. The van der Waals surface area contributed by atoms with E-state index in [9.17, 15) is 4.79 Å². The van der Waals surface area contributed by atoms with Gasteiger partial charge in [0.15, 0.2) is 0 Å². The van der Waals surface area contributed by atoms with Crippen molar-refractivity contribution in [3.05, 3.63) is 35.9 Å². The third kappa shape index (κ3) is 3.66. The Morgan fingerprint density at radius 3 is 2.91 bits per heavy atom. The molecule has 2 aliphatic heterocycles. The van der Waals surface area contributed by atoms with Crippen LogP contribution in [0.3, 0.4) is 0 Å². The summed E-state index contributed by atoms with van der Waals surface area (Å²) in [6, 6.07) is 11.2. The Morgan fingerprint density at radius 1 is 1.36 bits per heavy atom. The summed E-state index contributed by atoms with van der Waals surface area (Å²) < 4.78 is 0. The van der Waals surface area contributed by atoms with Crippen molar-refractivity contribution in [2.75, 3.05) is 26.2 Å². The van der Waals surface area contributed by atoms with Crippen LogP contribution < -0.4 is 16.2 Å². The van der Waals surface area contributed by atoms with E-state index in [-0.39, 0.29) is 0 Å². The van der Waals surface area contributed by atoms with Gasteiger partial charge in [0.1, 0.15) is 0 Å². The van der Waals surface area contributed by atoms with Crippen molar-refractivity contribution in [2.24, 2.45) is 5.92 Å². The van der Waals surface area contributed by atoms with Crippen molar-refractivity contribution in [3.63, 3.8) is 0 Å². The lowest BCUT2D eigenvalue weighted by molar-refractivity contribution is -0.127. The van der Waals surface area contributed by atoms with Crippen LogP contribution in [0.1, 0.15) is 31.4 Å². The van der Waals surface area contributed by atoms with E-state index in [0.29, 0.717) is 23.9 Å². The number of rotatable bonds is 6. The van der Waals surface area contributed by atoms with E-state index in [4.69, 9.17) is 0 Å². The summed E-state index contributed by atoms with van der Waals surface area (Å²) in [5.41, 5.74) is 7.96. The van der Waals surface area contributed by atoms with Crippen molar-refractivity contribution in [1.29, 1.82) is 0 Å².